The van der Waals surface area contributed by atoms with Crippen molar-refractivity contribution in [2.45, 2.75) is 89.3 Å². The largest absolute Gasteiger partial charge is 0.383 e. The summed E-state index contributed by atoms with van der Waals surface area (Å²) < 4.78 is 1.46. The molecule has 4 saturated heterocycles. The highest BCUT2D eigenvalue weighted by Crippen LogP contribution is 2.61. The van der Waals surface area contributed by atoms with E-state index >= 15 is 0 Å². The molecule has 1 aromatic heterocycles. The van der Waals surface area contributed by atoms with Gasteiger partial charge in [-0.15, -0.1) is 0 Å². The van der Waals surface area contributed by atoms with Gasteiger partial charge in [-0.05, 0) is 107 Å². The van der Waals surface area contributed by atoms with Gasteiger partial charge in [0.1, 0.15) is 11.9 Å². The number of nitrogens with one attached hydrogen (secondary N) is 2. The van der Waals surface area contributed by atoms with Gasteiger partial charge in [-0.2, -0.15) is 0 Å². The van der Waals surface area contributed by atoms with E-state index in [2.05, 4.69) is 25.4 Å². The minimum atomic E-state index is -0.717. The number of carbonyl (C=O) groups excluding carboxylic acids is 2. The van der Waals surface area contributed by atoms with Gasteiger partial charge < -0.3 is 5.32 Å². The van der Waals surface area contributed by atoms with Crippen molar-refractivity contribution in [2.75, 3.05) is 38.0 Å². The first-order valence-electron chi connectivity index (χ1n) is 16.4. The molecule has 5 heterocycles. The van der Waals surface area contributed by atoms with Crippen molar-refractivity contribution >= 4 is 28.4 Å². The van der Waals surface area contributed by atoms with E-state index in [0.717, 1.165) is 49.6 Å². The van der Waals surface area contributed by atoms with E-state index in [-0.39, 0.29) is 17.9 Å². The summed E-state index contributed by atoms with van der Waals surface area (Å²) in [5.41, 5.74) is 1.82. The lowest BCUT2D eigenvalue weighted by Crippen LogP contribution is -2.69. The predicted molar refractivity (Wildman–Crippen MR) is 161 cm³/mol. The van der Waals surface area contributed by atoms with Crippen LogP contribution in [0, 0.1) is 30.1 Å². The number of piperidine rings is 2. The Hall–Kier alpha value is -2.78. The van der Waals surface area contributed by atoms with Crippen LogP contribution in [-0.4, -0.2) is 76.0 Å². The van der Waals surface area contributed by atoms with Crippen LogP contribution >= 0.6 is 0 Å². The van der Waals surface area contributed by atoms with E-state index in [1.165, 1.54) is 62.5 Å². The summed E-state index contributed by atoms with van der Waals surface area (Å²) in [6.45, 7) is 7.01. The molecular weight excluding hydrogens is 528 g/mol. The lowest BCUT2D eigenvalue weighted by Gasteiger charge is -2.60. The van der Waals surface area contributed by atoms with Crippen LogP contribution in [0.25, 0.3) is 10.9 Å². The van der Waals surface area contributed by atoms with Crippen molar-refractivity contribution in [1.29, 1.82) is 0 Å². The number of fused-ring (bicyclic) bond motifs is 3. The number of anilines is 1. The Morgan fingerprint density at radius 3 is 2.38 bits per heavy atom. The third kappa shape index (κ3) is 4.58. The molecule has 224 valence electrons. The minimum Gasteiger partial charge on any atom is -0.383 e. The molecule has 4 saturated carbocycles. The molecule has 1 aromatic carbocycles. The summed E-state index contributed by atoms with van der Waals surface area (Å²) in [4.78, 5) is 48.0. The number of benzene rings is 1. The highest BCUT2D eigenvalue weighted by atomic mass is 16.2. The molecule has 6 bridgehead atoms. The number of imide groups is 1. The summed E-state index contributed by atoms with van der Waals surface area (Å²) >= 11 is 0. The maximum absolute atomic E-state index is 13.7. The predicted octanol–water partition coefficient (Wildman–Crippen LogP) is 3.46. The molecule has 9 heteroatoms. The summed E-state index contributed by atoms with van der Waals surface area (Å²) in [7, 11) is 0. The van der Waals surface area contributed by atoms with Crippen molar-refractivity contribution < 1.29 is 9.59 Å². The normalized spacial score (nSPS) is 35.8. The Kier molecular flexibility index (Phi) is 6.48. The third-order valence-electron chi connectivity index (χ3n) is 11.9. The molecule has 0 unspecified atom stereocenters. The first kappa shape index (κ1) is 26.8. The molecule has 9 nitrogen and oxygen atoms in total. The zero-order valence-corrected chi connectivity index (χ0v) is 24.8. The van der Waals surface area contributed by atoms with E-state index in [9.17, 15) is 14.4 Å². The van der Waals surface area contributed by atoms with Crippen LogP contribution < -0.4 is 16.2 Å². The average Bonchev–Trinajstić information content (AvgIpc) is 2.93. The molecule has 8 aliphatic rings. The van der Waals surface area contributed by atoms with E-state index in [4.69, 9.17) is 0 Å². The van der Waals surface area contributed by atoms with Gasteiger partial charge in [0.05, 0.1) is 10.9 Å². The lowest BCUT2D eigenvalue weighted by molar-refractivity contribution is -0.135. The molecule has 2 aromatic rings. The van der Waals surface area contributed by atoms with Crippen molar-refractivity contribution in [3.05, 3.63) is 34.4 Å². The summed E-state index contributed by atoms with van der Waals surface area (Å²) in [6.07, 6.45) is 12.4. The number of hydrogen-bond donors (Lipinski definition) is 2. The van der Waals surface area contributed by atoms with Gasteiger partial charge in [0, 0.05) is 50.4 Å². The molecule has 3 atom stereocenters. The van der Waals surface area contributed by atoms with Crippen LogP contribution in [0.4, 0.5) is 5.69 Å². The van der Waals surface area contributed by atoms with Crippen LogP contribution in [0.3, 0.4) is 0 Å². The molecule has 4 aliphatic carbocycles. The highest BCUT2D eigenvalue weighted by Gasteiger charge is 2.52. The maximum atomic E-state index is 13.7. The molecular formula is C33H44N6O3. The zero-order valence-electron chi connectivity index (χ0n) is 24.8. The molecule has 8 fully saturated rings. The van der Waals surface area contributed by atoms with Crippen LogP contribution in [0.5, 0.6) is 0 Å². The molecule has 10 rings (SSSR count). The fourth-order valence-corrected chi connectivity index (χ4v) is 10.4. The van der Waals surface area contributed by atoms with Gasteiger partial charge in [0.25, 0.3) is 5.56 Å². The molecule has 4 aliphatic heterocycles. The molecule has 42 heavy (non-hydrogen) atoms. The van der Waals surface area contributed by atoms with Gasteiger partial charge in [-0.1, -0.05) is 6.07 Å². The van der Waals surface area contributed by atoms with Gasteiger partial charge in [-0.25, -0.2) is 4.98 Å². The number of hydrogen-bond acceptors (Lipinski definition) is 7. The monoisotopic (exact) mass is 572 g/mol. The molecule has 2 amide bonds. The fourth-order valence-electron chi connectivity index (χ4n) is 10.4. The SMILES string of the molecule is Cc1nc2cccc(NCCN3C[C@H]4C[C@H](C3)N4CCC34CC5CC(CC(C5)C3)C4)c2c(=O)n1[C@@H]1CCC(=O)NC1=O. The third-order valence-corrected chi connectivity index (χ3v) is 11.9. The number of carbonyl (C=O) groups is 2. The Labute approximate surface area is 247 Å². The van der Waals surface area contributed by atoms with Gasteiger partial charge in [-0.3, -0.25) is 34.1 Å². The Morgan fingerprint density at radius 2 is 1.69 bits per heavy atom. The zero-order chi connectivity index (χ0) is 28.6. The van der Waals surface area contributed by atoms with Crippen molar-refractivity contribution in [1.82, 2.24) is 24.7 Å². The number of nitrogens with zero attached hydrogens (tertiary/aromatic N) is 4. The first-order chi connectivity index (χ1) is 20.3. The van der Waals surface area contributed by atoms with E-state index < -0.39 is 11.9 Å². The summed E-state index contributed by atoms with van der Waals surface area (Å²) in [6, 6.07) is 6.37. The highest BCUT2D eigenvalue weighted by molar-refractivity contribution is 5.99. The average molecular weight is 573 g/mol. The van der Waals surface area contributed by atoms with Crippen LogP contribution in [-0.2, 0) is 9.59 Å². The standard InChI is InChI=1S/C33H44N6O3/c1-20-35-27-4-2-3-26(30(27)32(42)39(20)28-5-6-29(40)36-31(28)41)34-8-10-37-18-24-14-25(19-37)38(24)9-7-33-15-21-11-22(16-33)13-23(12-21)17-33/h2-4,21-25,28,34H,5-19H2,1H3,(H,36,40,41)/t21?,22?,23?,24-,25-,28-,33?/m1/s1. The fraction of sp³-hybridized carbons (Fsp3) is 0.697. The number of aromatic nitrogens is 2. The van der Waals surface area contributed by atoms with E-state index in [1.54, 1.807) is 6.92 Å². The number of rotatable bonds is 8. The van der Waals surface area contributed by atoms with Crippen LogP contribution in [0.2, 0.25) is 0 Å². The smallest absolute Gasteiger partial charge is 0.264 e. The van der Waals surface area contributed by atoms with E-state index in [0.29, 0.717) is 40.6 Å². The quantitative estimate of drug-likeness (QED) is 0.468. The Morgan fingerprint density at radius 1 is 0.976 bits per heavy atom. The van der Waals surface area contributed by atoms with Gasteiger partial charge >= 0.3 is 0 Å². The molecule has 2 N–H and O–H groups in total. The van der Waals surface area contributed by atoms with Crippen molar-refractivity contribution in [3.8, 4) is 0 Å². The van der Waals surface area contributed by atoms with Crippen LogP contribution in [0.15, 0.2) is 23.0 Å². The molecule has 0 spiro atoms. The number of aryl methyl sites for hydroxylation is 1. The van der Waals surface area contributed by atoms with Crippen molar-refractivity contribution in [2.24, 2.45) is 23.2 Å². The second kappa shape index (κ2) is 10.2. The second-order valence-corrected chi connectivity index (χ2v) is 14.6. The van der Waals surface area contributed by atoms with Crippen molar-refractivity contribution in [3.63, 3.8) is 0 Å². The van der Waals surface area contributed by atoms with E-state index in [1.807, 2.05) is 18.2 Å². The lowest BCUT2D eigenvalue weighted by atomic mass is 9.49. The van der Waals surface area contributed by atoms with Crippen LogP contribution in [0.1, 0.15) is 76.1 Å². The second-order valence-electron chi connectivity index (χ2n) is 14.6. The first-order valence-corrected chi connectivity index (χ1v) is 16.4. The molecule has 0 radical (unpaired) electrons. The Balaban J connectivity index is 0.890. The minimum absolute atomic E-state index is 0.220. The maximum Gasteiger partial charge on any atom is 0.264 e. The number of piperazine rings is 1. The van der Waals surface area contributed by atoms with Gasteiger partial charge in [0.2, 0.25) is 11.8 Å². The van der Waals surface area contributed by atoms with Gasteiger partial charge in [0.15, 0.2) is 0 Å². The number of amides is 2. The summed E-state index contributed by atoms with van der Waals surface area (Å²) in [5.74, 6) is 2.88. The Bertz CT molecular complexity index is 1440. The topological polar surface area (TPSA) is 99.6 Å². The summed E-state index contributed by atoms with van der Waals surface area (Å²) in [5, 5.41) is 6.40.